The molecule has 0 aromatic heterocycles. The number of hydrogen-bond acceptors (Lipinski definition) is 8. The third kappa shape index (κ3) is 5.12. The van der Waals surface area contributed by atoms with E-state index in [1.54, 1.807) is 13.8 Å². The zero-order chi connectivity index (χ0) is 21.8. The van der Waals surface area contributed by atoms with E-state index in [1.165, 1.54) is 0 Å². The van der Waals surface area contributed by atoms with E-state index in [9.17, 15) is 10.3 Å². The number of fused-ring (bicyclic) bond motifs is 1. The van der Waals surface area contributed by atoms with Crippen LogP contribution in [-0.2, 0) is 23.7 Å². The fourth-order valence-corrected chi connectivity index (χ4v) is 3.94. The van der Waals surface area contributed by atoms with E-state index in [1.807, 2.05) is 41.5 Å². The van der Waals surface area contributed by atoms with Crippen LogP contribution in [0.5, 0.6) is 0 Å². The minimum atomic E-state index is -1.16. The first-order valence-corrected chi connectivity index (χ1v) is 10.2. The smallest absolute Gasteiger partial charge is 0.164 e. The highest BCUT2D eigenvalue weighted by Crippen LogP contribution is 2.43. The van der Waals surface area contributed by atoms with E-state index in [2.05, 4.69) is 11.8 Å². The first-order chi connectivity index (χ1) is 13.2. The van der Waals surface area contributed by atoms with Crippen molar-refractivity contribution in [3.63, 3.8) is 0 Å². The van der Waals surface area contributed by atoms with Crippen LogP contribution < -0.4 is 0 Å². The van der Waals surface area contributed by atoms with Crippen molar-refractivity contribution in [1.82, 2.24) is 5.06 Å². The van der Waals surface area contributed by atoms with Crippen molar-refractivity contribution in [3.05, 3.63) is 0 Å². The van der Waals surface area contributed by atoms with E-state index in [0.29, 0.717) is 6.61 Å². The van der Waals surface area contributed by atoms with Crippen LogP contribution in [0, 0.1) is 17.8 Å². The molecule has 8 nitrogen and oxygen atoms in total. The Morgan fingerprint density at radius 3 is 2.14 bits per heavy atom. The second-order valence-electron chi connectivity index (χ2n) is 9.82. The number of nitrogens with zero attached hydrogens (tertiary/aromatic N) is 1. The number of hydroxylamine groups is 2. The largest absolute Gasteiger partial charge is 0.378 e. The molecular weight excluding hydrogens is 378 g/mol. The third-order valence-corrected chi connectivity index (χ3v) is 5.16. The Balaban J connectivity index is 1.84. The summed E-state index contributed by atoms with van der Waals surface area (Å²) < 4.78 is 30.1. The highest BCUT2D eigenvalue weighted by molar-refractivity contribution is 5.16. The minimum absolute atomic E-state index is 0.0173. The number of aliphatic hydroxyl groups is 1. The van der Waals surface area contributed by atoms with Gasteiger partial charge >= 0.3 is 0 Å². The van der Waals surface area contributed by atoms with Gasteiger partial charge in [0.25, 0.3) is 0 Å². The van der Waals surface area contributed by atoms with Crippen molar-refractivity contribution in [2.45, 2.75) is 109 Å². The van der Waals surface area contributed by atoms with Crippen LogP contribution in [-0.4, -0.2) is 75.8 Å². The minimum Gasteiger partial charge on any atom is -0.378 e. The molecule has 3 saturated heterocycles. The summed E-state index contributed by atoms with van der Waals surface area (Å²) in [6.45, 7) is 14.9. The van der Waals surface area contributed by atoms with Gasteiger partial charge < -0.3 is 34.0 Å². The fourth-order valence-electron chi connectivity index (χ4n) is 3.94. The first kappa shape index (κ1) is 22.9. The molecule has 29 heavy (non-hydrogen) atoms. The van der Waals surface area contributed by atoms with Crippen molar-refractivity contribution in [2.24, 2.45) is 5.92 Å². The maximum Gasteiger partial charge on any atom is 0.164 e. The number of hydrogen-bond donors (Lipinski definition) is 2. The van der Waals surface area contributed by atoms with E-state index < -0.39 is 47.8 Å². The summed E-state index contributed by atoms with van der Waals surface area (Å²) in [6, 6.07) is -0.560. The Morgan fingerprint density at radius 2 is 1.62 bits per heavy atom. The van der Waals surface area contributed by atoms with Crippen molar-refractivity contribution < 1.29 is 34.0 Å². The summed E-state index contributed by atoms with van der Waals surface area (Å²) in [6.07, 6.45) is -2.52. The predicted octanol–water partition coefficient (Wildman–Crippen LogP) is 1.87. The maximum atomic E-state index is 11.1. The average Bonchev–Trinajstić information content (AvgIpc) is 3.15. The van der Waals surface area contributed by atoms with Crippen molar-refractivity contribution in [3.8, 4) is 11.8 Å². The summed E-state index contributed by atoms with van der Waals surface area (Å²) in [5.74, 6) is 4.24. The Kier molecular flexibility index (Phi) is 6.11. The predicted molar refractivity (Wildman–Crippen MR) is 104 cm³/mol. The molecule has 0 saturated carbocycles. The van der Waals surface area contributed by atoms with E-state index >= 15 is 0 Å². The molecule has 166 valence electrons. The lowest BCUT2D eigenvalue weighted by molar-refractivity contribution is -0.281. The average molecular weight is 414 g/mol. The molecule has 3 heterocycles. The van der Waals surface area contributed by atoms with Crippen molar-refractivity contribution in [2.75, 3.05) is 6.61 Å². The van der Waals surface area contributed by atoms with Crippen LogP contribution in [0.3, 0.4) is 0 Å². The van der Waals surface area contributed by atoms with Gasteiger partial charge in [-0.25, -0.2) is 0 Å². The molecule has 2 N–H and O–H groups in total. The maximum absolute atomic E-state index is 11.1. The van der Waals surface area contributed by atoms with Crippen molar-refractivity contribution in [1.29, 1.82) is 0 Å². The van der Waals surface area contributed by atoms with E-state index in [-0.39, 0.29) is 12.0 Å². The fraction of sp³-hybridized carbons (Fsp3) is 0.905. The zero-order valence-corrected chi connectivity index (χ0v) is 18.6. The Morgan fingerprint density at radius 1 is 1.00 bits per heavy atom. The standard InChI is InChI=1S/C21H35NO7/c1-12(2)13(9-10-19(3,4)23)22(24)18-17-16(28-21(7,8)29-17)15(26-18)14-11-25-20(5,6)27-14/h12-18,23-24H,11H2,1-8H3/t13?,14-,15-,16+,17+,18?/m1/s1. The molecule has 0 aliphatic carbocycles. The molecule has 0 bridgehead atoms. The van der Waals surface area contributed by atoms with Crippen LogP contribution in [0.1, 0.15) is 55.4 Å². The molecule has 3 aliphatic rings. The lowest BCUT2D eigenvalue weighted by Crippen LogP contribution is -2.49. The van der Waals surface area contributed by atoms with Crippen LogP contribution >= 0.6 is 0 Å². The quantitative estimate of drug-likeness (QED) is 0.533. The van der Waals surface area contributed by atoms with Crippen LogP contribution in [0.25, 0.3) is 0 Å². The summed E-state index contributed by atoms with van der Waals surface area (Å²) in [7, 11) is 0. The lowest BCUT2D eigenvalue weighted by Gasteiger charge is -2.33. The SMILES string of the molecule is CC(C)C(C#CC(C)(C)O)N(O)C1O[C@H]([C@H]2COC(C)(C)O2)[C@@H]2OC(C)(C)O[C@H]12. The van der Waals surface area contributed by atoms with Crippen LogP contribution in [0.15, 0.2) is 0 Å². The summed E-state index contributed by atoms with van der Waals surface area (Å²) in [4.78, 5) is 0. The summed E-state index contributed by atoms with van der Waals surface area (Å²) >= 11 is 0. The molecule has 0 amide bonds. The van der Waals surface area contributed by atoms with Gasteiger partial charge in [-0.1, -0.05) is 25.7 Å². The van der Waals surface area contributed by atoms with E-state index in [4.69, 9.17) is 23.7 Å². The van der Waals surface area contributed by atoms with Crippen molar-refractivity contribution >= 4 is 0 Å². The zero-order valence-electron chi connectivity index (χ0n) is 18.6. The number of ether oxygens (including phenoxy) is 5. The molecule has 0 radical (unpaired) electrons. The topological polar surface area (TPSA) is 89.9 Å². The second-order valence-corrected chi connectivity index (χ2v) is 9.82. The van der Waals surface area contributed by atoms with E-state index in [0.717, 1.165) is 5.06 Å². The van der Waals surface area contributed by atoms with Gasteiger partial charge in [0.15, 0.2) is 17.8 Å². The van der Waals surface area contributed by atoms with Crippen LogP contribution in [0.4, 0.5) is 0 Å². The monoisotopic (exact) mass is 413 g/mol. The molecule has 0 spiro atoms. The molecule has 8 heteroatoms. The molecule has 3 aliphatic heterocycles. The van der Waals surface area contributed by atoms with Gasteiger partial charge in [0.2, 0.25) is 0 Å². The summed E-state index contributed by atoms with van der Waals surface area (Å²) in [5.41, 5.74) is -1.16. The first-order valence-electron chi connectivity index (χ1n) is 10.2. The molecule has 3 rings (SSSR count). The van der Waals surface area contributed by atoms with Gasteiger partial charge in [-0.3, -0.25) is 0 Å². The van der Waals surface area contributed by atoms with Gasteiger partial charge in [-0.2, -0.15) is 0 Å². The third-order valence-electron chi connectivity index (χ3n) is 5.16. The molecule has 3 fully saturated rings. The number of rotatable bonds is 4. The van der Waals surface area contributed by atoms with Gasteiger partial charge in [-0.05, 0) is 47.5 Å². The Bertz CT molecular complexity index is 660. The highest BCUT2D eigenvalue weighted by Gasteiger charge is 2.60. The normalized spacial score (nSPS) is 36.9. The molecule has 0 aromatic carbocycles. The highest BCUT2D eigenvalue weighted by atomic mass is 16.8. The Labute approximate surface area is 173 Å². The second kappa shape index (κ2) is 7.74. The molecule has 6 atom stereocenters. The van der Waals surface area contributed by atoms with Crippen LogP contribution in [0.2, 0.25) is 0 Å². The summed E-state index contributed by atoms with van der Waals surface area (Å²) in [5, 5.41) is 22.1. The lowest BCUT2D eigenvalue weighted by atomic mass is 10.0. The molecule has 0 aromatic rings. The van der Waals surface area contributed by atoms with Gasteiger partial charge in [-0.15, -0.1) is 5.06 Å². The van der Waals surface area contributed by atoms with Gasteiger partial charge in [0, 0.05) is 0 Å². The Hall–Kier alpha value is -0.760. The molecule has 2 unspecified atom stereocenters. The molecular formula is C21H35NO7. The van der Waals surface area contributed by atoms with Gasteiger partial charge in [0.1, 0.15) is 36.1 Å². The van der Waals surface area contributed by atoms with Gasteiger partial charge in [0.05, 0.1) is 6.61 Å².